The van der Waals surface area contributed by atoms with E-state index in [0.717, 1.165) is 32.6 Å². The smallest absolute Gasteiger partial charge is 0.246 e. The standard InChI is InChI=1S/C24H34ClFN4O2/c1-27(2)20-8-13-28(14-9-20)11-3-12-29-16-17-30(15-10-24(29)32)23(31)7-5-19-4-6-22(26)21(25)18-19/h4-7,18,20H,3,8-17H2,1-2H3/b7-5+. The van der Waals surface area contributed by atoms with E-state index in [4.69, 9.17) is 11.6 Å². The summed E-state index contributed by atoms with van der Waals surface area (Å²) in [7, 11) is 4.29. The lowest BCUT2D eigenvalue weighted by Crippen LogP contribution is -2.43. The van der Waals surface area contributed by atoms with Gasteiger partial charge in [0.1, 0.15) is 5.82 Å². The number of nitrogens with zero attached hydrogens (tertiary/aromatic N) is 4. The lowest BCUT2D eigenvalue weighted by molar-refractivity contribution is -0.130. The van der Waals surface area contributed by atoms with Crippen LogP contribution < -0.4 is 0 Å². The fourth-order valence-electron chi connectivity index (χ4n) is 4.36. The van der Waals surface area contributed by atoms with Crippen molar-refractivity contribution in [2.75, 3.05) is 59.9 Å². The number of piperidine rings is 1. The molecule has 32 heavy (non-hydrogen) atoms. The second-order valence-corrected chi connectivity index (χ2v) is 9.26. The highest BCUT2D eigenvalue weighted by molar-refractivity contribution is 6.30. The summed E-state index contributed by atoms with van der Waals surface area (Å²) in [6.07, 6.45) is 6.78. The number of benzene rings is 1. The molecule has 0 spiro atoms. The van der Waals surface area contributed by atoms with E-state index in [-0.39, 0.29) is 16.8 Å². The van der Waals surface area contributed by atoms with E-state index in [0.29, 0.717) is 37.7 Å². The Balaban J connectivity index is 1.42. The van der Waals surface area contributed by atoms with Gasteiger partial charge in [-0.25, -0.2) is 4.39 Å². The minimum absolute atomic E-state index is 0.0256. The van der Waals surface area contributed by atoms with E-state index < -0.39 is 5.82 Å². The summed E-state index contributed by atoms with van der Waals surface area (Å²) in [5, 5.41) is 0.0256. The van der Waals surface area contributed by atoms with Crippen LogP contribution >= 0.6 is 11.6 Å². The zero-order valence-corrected chi connectivity index (χ0v) is 19.9. The largest absolute Gasteiger partial charge is 0.341 e. The Morgan fingerprint density at radius 3 is 2.59 bits per heavy atom. The Bertz CT molecular complexity index is 824. The van der Waals surface area contributed by atoms with Crippen LogP contribution in [0.15, 0.2) is 24.3 Å². The van der Waals surface area contributed by atoms with Crippen molar-refractivity contribution in [3.8, 4) is 0 Å². The van der Waals surface area contributed by atoms with E-state index in [9.17, 15) is 14.0 Å². The van der Waals surface area contributed by atoms with E-state index in [1.807, 2.05) is 4.90 Å². The molecular weight excluding hydrogens is 431 g/mol. The van der Waals surface area contributed by atoms with E-state index in [2.05, 4.69) is 23.9 Å². The SMILES string of the molecule is CN(C)C1CCN(CCCN2CCN(C(=O)/C=C/c3ccc(F)c(Cl)c3)CCC2=O)CC1. The third-order valence-corrected chi connectivity index (χ3v) is 6.74. The molecule has 0 bridgehead atoms. The number of carbonyl (C=O) groups excluding carboxylic acids is 2. The van der Waals surface area contributed by atoms with Gasteiger partial charge >= 0.3 is 0 Å². The molecule has 0 N–H and O–H groups in total. The number of halogens is 2. The summed E-state index contributed by atoms with van der Waals surface area (Å²) < 4.78 is 13.3. The first kappa shape index (κ1) is 24.7. The lowest BCUT2D eigenvalue weighted by Gasteiger charge is -2.35. The normalized spacial score (nSPS) is 19.2. The molecule has 2 heterocycles. The fourth-order valence-corrected chi connectivity index (χ4v) is 4.55. The first-order valence-electron chi connectivity index (χ1n) is 11.4. The van der Waals surface area contributed by atoms with Gasteiger partial charge in [-0.3, -0.25) is 9.59 Å². The molecule has 0 atom stereocenters. The highest BCUT2D eigenvalue weighted by atomic mass is 35.5. The Labute approximate surface area is 195 Å². The summed E-state index contributed by atoms with van der Waals surface area (Å²) in [6, 6.07) is 5.01. The summed E-state index contributed by atoms with van der Waals surface area (Å²) in [6.45, 7) is 5.47. The summed E-state index contributed by atoms with van der Waals surface area (Å²) in [5.74, 6) is -0.524. The average Bonchev–Trinajstić information content (AvgIpc) is 2.96. The van der Waals surface area contributed by atoms with Gasteiger partial charge in [0.2, 0.25) is 11.8 Å². The molecule has 2 amide bonds. The van der Waals surface area contributed by atoms with Gasteiger partial charge in [0.05, 0.1) is 5.02 Å². The monoisotopic (exact) mass is 464 g/mol. The van der Waals surface area contributed by atoms with Crippen molar-refractivity contribution >= 4 is 29.5 Å². The zero-order chi connectivity index (χ0) is 23.1. The Kier molecular flexibility index (Phi) is 9.08. The van der Waals surface area contributed by atoms with Crippen molar-refractivity contribution in [3.05, 3.63) is 40.7 Å². The lowest BCUT2D eigenvalue weighted by atomic mass is 10.0. The molecule has 0 radical (unpaired) electrons. The minimum Gasteiger partial charge on any atom is -0.341 e. The summed E-state index contributed by atoms with van der Waals surface area (Å²) >= 11 is 5.79. The predicted octanol–water partition coefficient (Wildman–Crippen LogP) is 2.97. The molecular formula is C24H34ClFN4O2. The third-order valence-electron chi connectivity index (χ3n) is 6.45. The average molecular weight is 465 g/mol. The van der Waals surface area contributed by atoms with Crippen LogP contribution in [-0.4, -0.2) is 97.4 Å². The van der Waals surface area contributed by atoms with Crippen LogP contribution in [0.3, 0.4) is 0 Å². The quantitative estimate of drug-likeness (QED) is 0.582. The fraction of sp³-hybridized carbons (Fsp3) is 0.583. The van der Waals surface area contributed by atoms with Crippen molar-refractivity contribution in [1.82, 2.24) is 19.6 Å². The van der Waals surface area contributed by atoms with Gasteiger partial charge in [0, 0.05) is 44.7 Å². The number of amides is 2. The van der Waals surface area contributed by atoms with Crippen LogP contribution in [0.4, 0.5) is 4.39 Å². The molecule has 0 saturated carbocycles. The van der Waals surface area contributed by atoms with Crippen LogP contribution in [-0.2, 0) is 9.59 Å². The number of carbonyl (C=O) groups is 2. The Morgan fingerprint density at radius 1 is 1.16 bits per heavy atom. The first-order valence-corrected chi connectivity index (χ1v) is 11.8. The summed E-state index contributed by atoms with van der Waals surface area (Å²) in [4.78, 5) is 33.5. The molecule has 176 valence electrons. The van der Waals surface area contributed by atoms with Crippen molar-refractivity contribution in [1.29, 1.82) is 0 Å². The Morgan fingerprint density at radius 2 is 1.91 bits per heavy atom. The van der Waals surface area contributed by atoms with Crippen molar-refractivity contribution < 1.29 is 14.0 Å². The Hall–Kier alpha value is -1.96. The van der Waals surface area contributed by atoms with E-state index in [1.54, 1.807) is 17.0 Å². The maximum absolute atomic E-state index is 13.3. The second kappa shape index (κ2) is 11.8. The van der Waals surface area contributed by atoms with Crippen LogP contribution in [0.5, 0.6) is 0 Å². The molecule has 1 aromatic carbocycles. The highest BCUT2D eigenvalue weighted by Gasteiger charge is 2.24. The van der Waals surface area contributed by atoms with Crippen molar-refractivity contribution in [2.45, 2.75) is 31.7 Å². The van der Waals surface area contributed by atoms with Gasteiger partial charge in [0.15, 0.2) is 0 Å². The molecule has 2 aliphatic heterocycles. The molecule has 2 aliphatic rings. The van der Waals surface area contributed by atoms with Gasteiger partial charge in [-0.05, 0) is 76.8 Å². The number of likely N-dealkylation sites (tertiary alicyclic amines) is 1. The number of hydrogen-bond acceptors (Lipinski definition) is 4. The van der Waals surface area contributed by atoms with Gasteiger partial charge < -0.3 is 19.6 Å². The topological polar surface area (TPSA) is 47.1 Å². The molecule has 2 saturated heterocycles. The maximum atomic E-state index is 13.3. The first-order chi connectivity index (χ1) is 15.3. The van der Waals surface area contributed by atoms with Crippen LogP contribution in [0.2, 0.25) is 5.02 Å². The minimum atomic E-state index is -0.487. The molecule has 0 aliphatic carbocycles. The van der Waals surface area contributed by atoms with Crippen LogP contribution in [0, 0.1) is 5.82 Å². The highest BCUT2D eigenvalue weighted by Crippen LogP contribution is 2.17. The zero-order valence-electron chi connectivity index (χ0n) is 19.1. The van der Waals surface area contributed by atoms with Crippen LogP contribution in [0.25, 0.3) is 6.08 Å². The van der Waals surface area contributed by atoms with Crippen LogP contribution in [0.1, 0.15) is 31.2 Å². The molecule has 0 unspecified atom stereocenters. The predicted molar refractivity (Wildman–Crippen MR) is 126 cm³/mol. The van der Waals surface area contributed by atoms with Gasteiger partial charge in [-0.1, -0.05) is 17.7 Å². The molecule has 1 aromatic rings. The number of hydrogen-bond donors (Lipinski definition) is 0. The van der Waals surface area contributed by atoms with Gasteiger partial charge in [-0.2, -0.15) is 0 Å². The second-order valence-electron chi connectivity index (χ2n) is 8.85. The molecule has 0 aromatic heterocycles. The van der Waals surface area contributed by atoms with Crippen molar-refractivity contribution in [2.24, 2.45) is 0 Å². The van der Waals surface area contributed by atoms with Gasteiger partial charge in [-0.15, -0.1) is 0 Å². The molecule has 8 heteroatoms. The molecule has 6 nitrogen and oxygen atoms in total. The van der Waals surface area contributed by atoms with E-state index >= 15 is 0 Å². The van der Waals surface area contributed by atoms with Gasteiger partial charge in [0.25, 0.3) is 0 Å². The summed E-state index contributed by atoms with van der Waals surface area (Å²) in [5.41, 5.74) is 0.659. The van der Waals surface area contributed by atoms with E-state index in [1.165, 1.54) is 31.1 Å². The maximum Gasteiger partial charge on any atom is 0.246 e. The third kappa shape index (κ3) is 7.02. The number of rotatable bonds is 7. The van der Waals surface area contributed by atoms with Crippen molar-refractivity contribution in [3.63, 3.8) is 0 Å². The molecule has 2 fully saturated rings. The molecule has 3 rings (SSSR count).